The molecular formula is C23H27N3O5S. The number of ether oxygens (including phenoxy) is 1. The summed E-state index contributed by atoms with van der Waals surface area (Å²) in [5.74, 6) is 0.0929. The van der Waals surface area contributed by atoms with Crippen molar-refractivity contribution in [2.75, 3.05) is 36.5 Å². The number of carbonyl (C=O) groups excluding carboxylic acids is 2. The van der Waals surface area contributed by atoms with Gasteiger partial charge in [-0.15, -0.1) is 0 Å². The molecule has 32 heavy (non-hydrogen) atoms. The molecule has 9 heteroatoms. The van der Waals surface area contributed by atoms with Gasteiger partial charge in [0.05, 0.1) is 10.6 Å². The van der Waals surface area contributed by atoms with Crippen molar-refractivity contribution >= 4 is 33.2 Å². The van der Waals surface area contributed by atoms with E-state index in [2.05, 4.69) is 12.2 Å². The monoisotopic (exact) mass is 457 g/mol. The Kier molecular flexibility index (Phi) is 6.21. The van der Waals surface area contributed by atoms with Crippen LogP contribution in [-0.2, 0) is 19.6 Å². The largest absolute Gasteiger partial charge is 0.482 e. The van der Waals surface area contributed by atoms with Gasteiger partial charge in [-0.1, -0.05) is 25.1 Å². The summed E-state index contributed by atoms with van der Waals surface area (Å²) in [5.41, 5.74) is 1.85. The number of fused-ring (bicyclic) bond motifs is 1. The smallest absolute Gasteiger partial charge is 0.265 e. The Morgan fingerprint density at radius 1 is 1.16 bits per heavy atom. The molecule has 4 rings (SSSR count). The number of sulfonamides is 1. The molecule has 2 aliphatic rings. The minimum absolute atomic E-state index is 0.0911. The molecule has 2 amide bonds. The van der Waals surface area contributed by atoms with Gasteiger partial charge in [0.1, 0.15) is 12.3 Å². The topological polar surface area (TPSA) is 96.0 Å². The number of nitrogens with zero attached hydrogens (tertiary/aromatic N) is 2. The van der Waals surface area contributed by atoms with E-state index in [1.165, 1.54) is 21.3 Å². The minimum atomic E-state index is -3.70. The highest BCUT2D eigenvalue weighted by Crippen LogP contribution is 2.35. The number of aryl methyl sites for hydroxylation is 1. The first kappa shape index (κ1) is 22.3. The van der Waals surface area contributed by atoms with E-state index < -0.39 is 15.9 Å². The van der Waals surface area contributed by atoms with Gasteiger partial charge >= 0.3 is 0 Å². The lowest BCUT2D eigenvalue weighted by Crippen LogP contribution is -2.43. The summed E-state index contributed by atoms with van der Waals surface area (Å²) in [6, 6.07) is 11.8. The van der Waals surface area contributed by atoms with Crippen LogP contribution in [-0.4, -0.2) is 50.8 Å². The number of anilines is 2. The fourth-order valence-corrected chi connectivity index (χ4v) is 5.43. The Morgan fingerprint density at radius 2 is 1.88 bits per heavy atom. The molecule has 0 aliphatic carbocycles. The number of rotatable bonds is 5. The third-order valence-corrected chi connectivity index (χ3v) is 7.87. The lowest BCUT2D eigenvalue weighted by molar-refractivity contribution is -0.123. The number of nitrogens with one attached hydrogen (secondary N) is 1. The maximum atomic E-state index is 13.2. The van der Waals surface area contributed by atoms with Crippen LogP contribution in [0.4, 0.5) is 11.4 Å². The predicted octanol–water partition coefficient (Wildman–Crippen LogP) is 2.78. The molecule has 1 fully saturated rings. The number of amides is 2. The molecule has 0 saturated carbocycles. The highest BCUT2D eigenvalue weighted by molar-refractivity contribution is 7.89. The van der Waals surface area contributed by atoms with Gasteiger partial charge in [-0.05, 0) is 55.5 Å². The normalized spacial score (nSPS) is 17.6. The minimum Gasteiger partial charge on any atom is -0.482 e. The van der Waals surface area contributed by atoms with Crippen LogP contribution in [0.3, 0.4) is 0 Å². The van der Waals surface area contributed by atoms with Crippen LogP contribution in [0.25, 0.3) is 0 Å². The summed E-state index contributed by atoms with van der Waals surface area (Å²) in [4.78, 5) is 26.6. The van der Waals surface area contributed by atoms with Crippen molar-refractivity contribution in [2.45, 2.75) is 31.6 Å². The molecule has 2 aromatic rings. The number of hydrogen-bond acceptors (Lipinski definition) is 5. The van der Waals surface area contributed by atoms with Crippen molar-refractivity contribution in [1.29, 1.82) is 0 Å². The van der Waals surface area contributed by atoms with Gasteiger partial charge < -0.3 is 10.1 Å². The van der Waals surface area contributed by atoms with Crippen LogP contribution in [0.1, 0.15) is 25.3 Å². The van der Waals surface area contributed by atoms with Crippen LogP contribution < -0.4 is 15.0 Å². The first-order valence-corrected chi connectivity index (χ1v) is 12.1. The predicted molar refractivity (Wildman–Crippen MR) is 121 cm³/mol. The Bertz CT molecular complexity index is 1140. The molecule has 0 unspecified atom stereocenters. The number of benzene rings is 2. The Balaban J connectivity index is 1.58. The van der Waals surface area contributed by atoms with E-state index in [1.807, 2.05) is 25.1 Å². The van der Waals surface area contributed by atoms with Gasteiger partial charge in [0, 0.05) is 18.8 Å². The fraction of sp³-hybridized carbons (Fsp3) is 0.391. The van der Waals surface area contributed by atoms with Crippen LogP contribution >= 0.6 is 0 Å². The van der Waals surface area contributed by atoms with Crippen molar-refractivity contribution in [3.63, 3.8) is 0 Å². The zero-order chi connectivity index (χ0) is 22.9. The third kappa shape index (κ3) is 4.49. The SMILES string of the molecule is Cc1ccccc1NC(=O)CN1C(=O)COc2ccc(S(=O)(=O)N3CCC(C)CC3)cc21. The van der Waals surface area contributed by atoms with Crippen LogP contribution in [0.15, 0.2) is 47.4 Å². The Hall–Kier alpha value is -2.91. The first-order valence-electron chi connectivity index (χ1n) is 10.7. The molecule has 0 atom stereocenters. The second kappa shape index (κ2) is 8.91. The molecule has 0 spiro atoms. The quantitative estimate of drug-likeness (QED) is 0.745. The van der Waals surface area contributed by atoms with Crippen molar-refractivity contribution < 1.29 is 22.7 Å². The van der Waals surface area contributed by atoms with Gasteiger partial charge in [0.25, 0.3) is 5.91 Å². The van der Waals surface area contributed by atoms with Crippen molar-refractivity contribution in [2.24, 2.45) is 5.92 Å². The summed E-state index contributed by atoms with van der Waals surface area (Å²) >= 11 is 0. The lowest BCUT2D eigenvalue weighted by Gasteiger charge is -2.31. The highest BCUT2D eigenvalue weighted by Gasteiger charge is 2.32. The molecule has 1 N–H and O–H groups in total. The standard InChI is InChI=1S/C23H27N3O5S/c1-16-9-11-25(12-10-16)32(29,30)18-7-8-21-20(13-18)26(23(28)15-31-21)14-22(27)24-19-6-4-3-5-17(19)2/h3-8,13,16H,9-12,14-15H2,1-2H3,(H,24,27). The Morgan fingerprint density at radius 3 is 2.59 bits per heavy atom. The van der Waals surface area contributed by atoms with Gasteiger partial charge in [0.15, 0.2) is 6.61 Å². The van der Waals surface area contributed by atoms with E-state index in [1.54, 1.807) is 12.1 Å². The number of piperidine rings is 1. The van der Waals surface area contributed by atoms with Crippen molar-refractivity contribution in [3.05, 3.63) is 48.0 Å². The second-order valence-corrected chi connectivity index (χ2v) is 10.3. The fourth-order valence-electron chi connectivity index (χ4n) is 3.94. The summed E-state index contributed by atoms with van der Waals surface area (Å²) in [7, 11) is -3.70. The first-order chi connectivity index (χ1) is 15.3. The van der Waals surface area contributed by atoms with Crippen molar-refractivity contribution in [3.8, 4) is 5.75 Å². The molecule has 0 bridgehead atoms. The van der Waals surface area contributed by atoms with Gasteiger partial charge in [-0.25, -0.2) is 8.42 Å². The molecule has 0 radical (unpaired) electrons. The molecule has 1 saturated heterocycles. The summed E-state index contributed by atoms with van der Waals surface area (Å²) in [5, 5.41) is 2.81. The number of hydrogen-bond donors (Lipinski definition) is 1. The van der Waals surface area contributed by atoms with E-state index in [-0.39, 0.29) is 29.6 Å². The number of carbonyl (C=O) groups is 2. The molecule has 2 aromatic carbocycles. The third-order valence-electron chi connectivity index (χ3n) is 5.97. The molecule has 2 heterocycles. The highest BCUT2D eigenvalue weighted by atomic mass is 32.2. The lowest BCUT2D eigenvalue weighted by atomic mass is 10.0. The van der Waals surface area contributed by atoms with Crippen molar-refractivity contribution in [1.82, 2.24) is 4.31 Å². The van der Waals surface area contributed by atoms with Gasteiger partial charge in [-0.2, -0.15) is 4.31 Å². The average Bonchev–Trinajstić information content (AvgIpc) is 2.77. The molecule has 2 aliphatic heterocycles. The average molecular weight is 458 g/mol. The maximum absolute atomic E-state index is 13.2. The number of para-hydroxylation sites is 1. The molecule has 8 nitrogen and oxygen atoms in total. The van der Waals surface area contributed by atoms with E-state index in [0.29, 0.717) is 30.4 Å². The zero-order valence-corrected chi connectivity index (χ0v) is 19.0. The van der Waals surface area contributed by atoms with Crippen LogP contribution in [0.2, 0.25) is 0 Å². The van der Waals surface area contributed by atoms with Crippen LogP contribution in [0.5, 0.6) is 5.75 Å². The summed E-state index contributed by atoms with van der Waals surface area (Å²) in [6.07, 6.45) is 1.63. The van der Waals surface area contributed by atoms with E-state index >= 15 is 0 Å². The van der Waals surface area contributed by atoms with Gasteiger partial charge in [-0.3, -0.25) is 14.5 Å². The Labute approximate surface area is 188 Å². The maximum Gasteiger partial charge on any atom is 0.265 e. The zero-order valence-electron chi connectivity index (χ0n) is 18.2. The van der Waals surface area contributed by atoms with E-state index in [9.17, 15) is 18.0 Å². The van der Waals surface area contributed by atoms with Crippen LogP contribution in [0, 0.1) is 12.8 Å². The molecule has 170 valence electrons. The second-order valence-electron chi connectivity index (χ2n) is 8.35. The summed E-state index contributed by atoms with van der Waals surface area (Å²) in [6.45, 7) is 4.49. The van der Waals surface area contributed by atoms with E-state index in [4.69, 9.17) is 4.74 Å². The van der Waals surface area contributed by atoms with E-state index in [0.717, 1.165) is 18.4 Å². The van der Waals surface area contributed by atoms with Gasteiger partial charge in [0.2, 0.25) is 15.9 Å². The summed E-state index contributed by atoms with van der Waals surface area (Å²) < 4.78 is 33.3. The molecular weight excluding hydrogens is 430 g/mol. The molecule has 0 aromatic heterocycles.